The van der Waals surface area contributed by atoms with Crippen LogP contribution in [-0.4, -0.2) is 169 Å². The average Bonchev–Trinajstić information content (AvgIpc) is 1.61. The lowest BCUT2D eigenvalue weighted by Gasteiger charge is -2.45. The van der Waals surface area contributed by atoms with Crippen LogP contribution in [0.1, 0.15) is 101 Å². The van der Waals surface area contributed by atoms with Crippen molar-refractivity contribution in [1.29, 1.82) is 0 Å². The molecule has 6 amide bonds. The third-order valence-electron chi connectivity index (χ3n) is 20.0. The number of benzene rings is 6. The van der Waals surface area contributed by atoms with Crippen molar-refractivity contribution in [3.8, 4) is 80.1 Å². The van der Waals surface area contributed by atoms with Crippen LogP contribution in [0.2, 0.25) is 0 Å². The molecule has 106 heavy (non-hydrogen) atoms. The van der Waals surface area contributed by atoms with E-state index in [0.717, 1.165) is 125 Å². The van der Waals surface area contributed by atoms with Crippen molar-refractivity contribution in [3.05, 3.63) is 223 Å². The van der Waals surface area contributed by atoms with E-state index < -0.39 is 17.7 Å². The van der Waals surface area contributed by atoms with Crippen molar-refractivity contribution < 1.29 is 43.0 Å². The second kappa shape index (κ2) is 33.3. The minimum atomic E-state index is -0.540. The Morgan fingerprint density at radius 1 is 0.491 bits per heavy atom. The number of nitrogens with two attached hydrogens (primary N) is 3. The lowest BCUT2D eigenvalue weighted by molar-refractivity contribution is -0.127. The summed E-state index contributed by atoms with van der Waals surface area (Å²) in [5.41, 5.74) is 22.5. The highest BCUT2D eigenvalue weighted by Gasteiger charge is 2.52. The van der Waals surface area contributed by atoms with Gasteiger partial charge < -0.3 is 55.9 Å². The lowest BCUT2D eigenvalue weighted by Crippen LogP contribution is -2.41. The minimum absolute atomic E-state index is 0.00543. The number of amides is 6. The molecule has 3 saturated heterocycles. The Bertz CT molecular complexity index is 4700. The Morgan fingerprint density at radius 2 is 0.868 bits per heavy atom. The summed E-state index contributed by atoms with van der Waals surface area (Å²) in [5.74, 6) is 8.11. The molecular formula is C83H90N14O9. The van der Waals surface area contributed by atoms with E-state index in [9.17, 15) is 28.8 Å². The first-order valence-electron chi connectivity index (χ1n) is 35.8. The van der Waals surface area contributed by atoms with Crippen molar-refractivity contribution in [1.82, 2.24) is 53.8 Å². The van der Waals surface area contributed by atoms with Gasteiger partial charge in [-0.3, -0.25) is 42.8 Å². The molecule has 0 bridgehead atoms. The summed E-state index contributed by atoms with van der Waals surface area (Å²) < 4.78 is 23.1. The van der Waals surface area contributed by atoms with Crippen LogP contribution in [0.15, 0.2) is 207 Å². The Balaban J connectivity index is 0.000000149. The predicted octanol–water partition coefficient (Wildman–Crippen LogP) is 11.7. The number of carbonyl (C=O) groups is 6. The van der Waals surface area contributed by atoms with Crippen LogP contribution in [-0.2, 0) is 20.9 Å². The highest BCUT2D eigenvalue weighted by atomic mass is 16.5. The van der Waals surface area contributed by atoms with Crippen LogP contribution in [0.4, 0.5) is 0 Å². The van der Waals surface area contributed by atoms with Gasteiger partial charge in [0.25, 0.3) is 23.6 Å². The number of para-hydroxylation sites is 3. The normalized spacial score (nSPS) is 19.3. The molecule has 0 unspecified atom stereocenters. The number of hydrogen-bond donors (Lipinski definition) is 3. The fourth-order valence-corrected chi connectivity index (χ4v) is 14.6. The Labute approximate surface area is 617 Å². The molecule has 23 nitrogen and oxygen atoms in total. The maximum Gasteiger partial charge on any atom is 0.298 e. The van der Waals surface area contributed by atoms with Crippen molar-refractivity contribution >= 4 is 35.4 Å². The molecule has 5 aliphatic rings. The van der Waals surface area contributed by atoms with Gasteiger partial charge in [0, 0.05) is 93.2 Å². The summed E-state index contributed by atoms with van der Waals surface area (Å²) in [6, 6.07) is 51.4. The van der Waals surface area contributed by atoms with Crippen molar-refractivity contribution in [3.63, 3.8) is 0 Å². The van der Waals surface area contributed by atoms with Gasteiger partial charge in [-0.25, -0.2) is 0 Å². The first kappa shape index (κ1) is 73.9. The maximum atomic E-state index is 12.7. The molecule has 5 fully saturated rings. The number of hydrogen-bond acceptors (Lipinski definition) is 14. The maximum absolute atomic E-state index is 12.7. The molecule has 9 aromatic rings. The van der Waals surface area contributed by atoms with E-state index in [4.69, 9.17) is 41.6 Å². The quantitative estimate of drug-likeness (QED) is 0.0420. The number of aromatic nitrogens is 6. The molecule has 23 heteroatoms. The predicted molar refractivity (Wildman–Crippen MR) is 405 cm³/mol. The molecule has 2 spiro atoms. The molecular weight excluding hydrogens is 1340 g/mol. The van der Waals surface area contributed by atoms with Gasteiger partial charge in [0.1, 0.15) is 51.6 Å². The van der Waals surface area contributed by atoms with Crippen LogP contribution < -0.4 is 31.4 Å². The van der Waals surface area contributed by atoms with Crippen LogP contribution in [0.3, 0.4) is 0 Å². The van der Waals surface area contributed by atoms with Crippen LogP contribution in [0, 0.1) is 22.7 Å². The van der Waals surface area contributed by atoms with Crippen LogP contribution in [0.25, 0.3) is 33.8 Å². The smallest absolute Gasteiger partial charge is 0.298 e. The van der Waals surface area contributed by atoms with E-state index >= 15 is 0 Å². The number of likely N-dealkylation sites (N-methyl/N-ethyl adjacent to an activating group) is 2. The first-order chi connectivity index (χ1) is 51.2. The summed E-state index contributed by atoms with van der Waals surface area (Å²) in [6.45, 7) is 7.39. The zero-order chi connectivity index (χ0) is 74.5. The zero-order valence-electron chi connectivity index (χ0n) is 60.5. The van der Waals surface area contributed by atoms with E-state index in [0.29, 0.717) is 64.1 Å². The number of likely N-dealkylation sites (tertiary alicyclic amines) is 3. The van der Waals surface area contributed by atoms with Gasteiger partial charge >= 0.3 is 0 Å². The summed E-state index contributed by atoms with van der Waals surface area (Å²) >= 11 is 0. The molecule has 3 aromatic heterocycles. The van der Waals surface area contributed by atoms with E-state index in [1.807, 2.05) is 238 Å². The van der Waals surface area contributed by atoms with Gasteiger partial charge in [-0.05, 0) is 212 Å². The largest absolute Gasteiger partial charge is 0.457 e. The molecule has 1 atom stereocenters. The van der Waals surface area contributed by atoms with E-state index in [2.05, 4.69) is 16.9 Å². The number of ether oxygens (including phenoxy) is 3. The molecule has 2 saturated carbocycles. The zero-order valence-corrected chi connectivity index (χ0v) is 60.5. The monoisotopic (exact) mass is 1430 g/mol. The van der Waals surface area contributed by atoms with Crippen molar-refractivity contribution in [2.24, 2.45) is 28.0 Å². The number of primary amides is 3. The van der Waals surface area contributed by atoms with Crippen LogP contribution in [0.5, 0.6) is 34.5 Å². The van der Waals surface area contributed by atoms with Gasteiger partial charge in [0.05, 0.1) is 41.4 Å². The van der Waals surface area contributed by atoms with Gasteiger partial charge in [-0.1, -0.05) is 72.7 Å². The number of nitrogens with zero attached hydrogens (tertiary/aromatic N) is 11. The highest BCUT2D eigenvalue weighted by Crippen LogP contribution is 2.55. The highest BCUT2D eigenvalue weighted by molar-refractivity contribution is 6.00. The average molecular weight is 1430 g/mol. The van der Waals surface area contributed by atoms with E-state index in [1.165, 1.54) is 0 Å². The molecule has 0 radical (unpaired) electrons. The van der Waals surface area contributed by atoms with Crippen molar-refractivity contribution in [2.75, 3.05) is 74.0 Å². The molecule has 6 N–H and O–H groups in total. The van der Waals surface area contributed by atoms with E-state index in [1.54, 1.807) is 42.3 Å². The summed E-state index contributed by atoms with van der Waals surface area (Å²) in [5, 5.41) is 14.2. The number of carbonyl (C=O) groups excluding carboxylic acids is 6. The molecule has 3 aliphatic heterocycles. The molecule has 6 heterocycles. The van der Waals surface area contributed by atoms with Crippen LogP contribution >= 0.6 is 0 Å². The van der Waals surface area contributed by atoms with Gasteiger partial charge in [-0.2, -0.15) is 15.3 Å². The third kappa shape index (κ3) is 18.2. The lowest BCUT2D eigenvalue weighted by atomic mass is 9.65. The fourth-order valence-electron chi connectivity index (χ4n) is 14.6. The minimum Gasteiger partial charge on any atom is -0.457 e. The molecule has 14 rings (SSSR count). The fraction of sp³-hybridized carbons (Fsp3) is 0.313. The van der Waals surface area contributed by atoms with Gasteiger partial charge in [-0.15, -0.1) is 0 Å². The van der Waals surface area contributed by atoms with Gasteiger partial charge in [0.2, 0.25) is 11.8 Å². The number of rotatable bonds is 22. The molecule has 546 valence electrons. The Morgan fingerprint density at radius 3 is 1.27 bits per heavy atom. The standard InChI is InChI=1S/C29H33N5O3.C27H31N5O3.C27H26N4O3/c1-32(2)15-6-9-26(35)33-16-14-29(20-33)17-22(18-29)34-19-25(28(30)36)27(31-34)21-10-12-24(13-11-21)37-23-7-4-3-5-8-23;1-30(2)16-7-11-25(33)32-17-6-8-21(32)18-31-19-24(27(28)34)26(29-31)20-12-14-23(15-13-20)35-22-9-4-3-5-10-22;1-2-6-24(32)30-14-13-27(18-30)15-20(16-27)31-17-23(26(28)33)25(29-31)19-9-11-22(12-10-19)34-21-7-4-3-5-8-21/h3-13,19,22H,14-18,20H2,1-2H3,(H2,30,36);3-5,7,9-15,19,21H,6,8,16-18H2,1-2H3,(H2,28,34);3-5,7-12,17,20H,13-16,18H2,1H3,(H2,28,33)/b9-6+;11-7+;/t;21-;/m.0./s1. The van der Waals surface area contributed by atoms with Gasteiger partial charge in [0.15, 0.2) is 0 Å². The Hall–Kier alpha value is -11.9. The second-order valence-corrected chi connectivity index (χ2v) is 28.4. The van der Waals surface area contributed by atoms with Crippen molar-refractivity contribution in [2.45, 2.75) is 83.0 Å². The third-order valence-corrected chi connectivity index (χ3v) is 20.0. The Kier molecular flexibility index (Phi) is 23.2. The molecule has 2 aliphatic carbocycles. The first-order valence-corrected chi connectivity index (χ1v) is 35.8. The summed E-state index contributed by atoms with van der Waals surface area (Å²) in [6.07, 6.45) is 19.8. The molecule has 6 aromatic carbocycles. The SMILES string of the molecule is CC#CC(=O)N1CCC2(CC(n3cc(C(N)=O)c(-c4ccc(Oc5ccccc5)cc4)n3)C2)C1.CN(C)C/C=C/C(=O)N1CCC2(CC(n3cc(C(N)=O)c(-c4ccc(Oc5ccccc5)cc4)n3)C2)C1.CN(C)C/C=C/C(=O)N1CCC[C@H]1Cn1cc(C(N)=O)c(-c2ccc(Oc3ccccc3)cc2)n1. The second-order valence-electron chi connectivity index (χ2n) is 28.4. The summed E-state index contributed by atoms with van der Waals surface area (Å²) in [4.78, 5) is 83.6. The summed E-state index contributed by atoms with van der Waals surface area (Å²) in [7, 11) is 7.88. The topological polar surface area (TPSA) is 278 Å². The van der Waals surface area contributed by atoms with E-state index in [-0.39, 0.29) is 46.7 Å².